The normalized spacial score (nSPS) is 24.4. The molecule has 3 aliphatic rings. The van der Waals surface area contributed by atoms with Crippen molar-refractivity contribution < 1.29 is 32.2 Å². The maximum atomic E-state index is 15.4. The standard InChI is InChI=1S/C32H44FN5O6S/c1-32(2,3)44-31(41)38-24-10-7-23(17-24)28(38)30(40)35-27(29(34)39)19-22-6-5-21(18-26(22)33)20-8-11-25(12-9-20)45(42,43)37-15-13-36(4)14-16-37/h5-6,8-9,11-12,18,23-24,27-28,31,41H,7,10,13-17,19H2,1-4H3,(H2,34,39)(H,35,40)/t23-,24+,27-,28-,31?/m0/s1. The van der Waals surface area contributed by atoms with E-state index in [0.717, 1.165) is 19.3 Å². The number of primary amides is 1. The minimum absolute atomic E-state index is 0.000646. The third kappa shape index (κ3) is 7.39. The van der Waals surface area contributed by atoms with Gasteiger partial charge in [-0.1, -0.05) is 24.3 Å². The summed E-state index contributed by atoms with van der Waals surface area (Å²) in [7, 11) is -1.67. The van der Waals surface area contributed by atoms with Gasteiger partial charge >= 0.3 is 0 Å². The number of benzene rings is 2. The Labute approximate surface area is 264 Å². The number of hydrogen-bond acceptors (Lipinski definition) is 8. The number of sulfonamides is 1. The van der Waals surface area contributed by atoms with Crippen molar-refractivity contribution in [2.45, 2.75) is 81.5 Å². The van der Waals surface area contributed by atoms with Crippen LogP contribution in [0.5, 0.6) is 0 Å². The van der Waals surface area contributed by atoms with E-state index in [1.165, 1.54) is 28.6 Å². The molecule has 2 aliphatic heterocycles. The zero-order valence-corrected chi connectivity index (χ0v) is 27.1. The number of carbonyl (C=O) groups is 2. The van der Waals surface area contributed by atoms with E-state index in [2.05, 4.69) is 10.2 Å². The number of likely N-dealkylation sites (N-methyl/N-ethyl adjacent to an activating group) is 1. The summed E-state index contributed by atoms with van der Waals surface area (Å²) in [6.45, 7) is 7.63. The molecule has 3 fully saturated rings. The predicted molar refractivity (Wildman–Crippen MR) is 167 cm³/mol. The van der Waals surface area contributed by atoms with E-state index in [4.69, 9.17) is 10.5 Å². The molecule has 0 spiro atoms. The molecule has 2 aromatic carbocycles. The van der Waals surface area contributed by atoms with Crippen LogP contribution in [-0.2, 0) is 30.8 Å². The number of amides is 2. The number of nitrogens with two attached hydrogens (primary N) is 1. The van der Waals surface area contributed by atoms with Crippen molar-refractivity contribution in [3.05, 3.63) is 53.8 Å². The number of piperidine rings is 1. The maximum absolute atomic E-state index is 15.4. The number of hydrogen-bond donors (Lipinski definition) is 3. The first-order valence-electron chi connectivity index (χ1n) is 15.4. The molecule has 2 bridgehead atoms. The quantitative estimate of drug-likeness (QED) is 0.332. The minimum Gasteiger partial charge on any atom is -0.368 e. The van der Waals surface area contributed by atoms with Gasteiger partial charge in [-0.15, -0.1) is 0 Å². The summed E-state index contributed by atoms with van der Waals surface area (Å²) in [4.78, 5) is 29.8. The second kappa shape index (κ2) is 13.0. The minimum atomic E-state index is -3.63. The Morgan fingerprint density at radius 2 is 1.71 bits per heavy atom. The Morgan fingerprint density at radius 3 is 2.31 bits per heavy atom. The highest BCUT2D eigenvalue weighted by Crippen LogP contribution is 2.44. The molecule has 2 aromatic rings. The van der Waals surface area contributed by atoms with Crippen LogP contribution < -0.4 is 11.1 Å². The number of aliphatic hydroxyl groups excluding tert-OH is 1. The largest absolute Gasteiger partial charge is 0.368 e. The van der Waals surface area contributed by atoms with Gasteiger partial charge in [0.1, 0.15) is 11.9 Å². The van der Waals surface area contributed by atoms with Crippen LogP contribution in [0.2, 0.25) is 0 Å². The van der Waals surface area contributed by atoms with Gasteiger partial charge in [-0.25, -0.2) is 17.7 Å². The number of ether oxygens (including phenoxy) is 1. The van der Waals surface area contributed by atoms with Crippen molar-refractivity contribution in [2.75, 3.05) is 33.2 Å². The van der Waals surface area contributed by atoms with Crippen molar-refractivity contribution in [3.8, 4) is 11.1 Å². The summed E-state index contributed by atoms with van der Waals surface area (Å²) in [5.41, 5.74) is 6.37. The topological polar surface area (TPSA) is 146 Å². The number of aliphatic hydroxyl groups is 1. The molecule has 5 rings (SSSR count). The number of piperazine rings is 1. The van der Waals surface area contributed by atoms with Crippen molar-refractivity contribution >= 4 is 21.8 Å². The molecule has 13 heteroatoms. The molecule has 45 heavy (non-hydrogen) atoms. The lowest BCUT2D eigenvalue weighted by Crippen LogP contribution is -2.59. The van der Waals surface area contributed by atoms with E-state index in [1.54, 1.807) is 23.1 Å². The molecule has 2 saturated heterocycles. The number of carbonyl (C=O) groups excluding carboxylic acids is 2. The summed E-state index contributed by atoms with van der Waals surface area (Å²) >= 11 is 0. The smallest absolute Gasteiger partial charge is 0.243 e. The van der Waals surface area contributed by atoms with Gasteiger partial charge in [-0.05, 0) is 87.9 Å². The lowest BCUT2D eigenvalue weighted by Gasteiger charge is -2.39. The van der Waals surface area contributed by atoms with Crippen molar-refractivity contribution in [1.82, 2.24) is 19.4 Å². The molecule has 1 unspecified atom stereocenters. The highest BCUT2D eigenvalue weighted by molar-refractivity contribution is 7.89. The highest BCUT2D eigenvalue weighted by atomic mass is 32.2. The molecule has 5 atom stereocenters. The molecule has 1 saturated carbocycles. The second-order valence-corrected chi connectivity index (χ2v) is 15.3. The molecule has 0 aromatic heterocycles. The maximum Gasteiger partial charge on any atom is 0.243 e. The first kappa shape index (κ1) is 33.4. The molecular weight excluding hydrogens is 601 g/mol. The number of fused-ring (bicyclic) bond motifs is 2. The van der Waals surface area contributed by atoms with Gasteiger partial charge in [0.15, 0.2) is 0 Å². The number of nitrogens with zero attached hydrogens (tertiary/aromatic N) is 3. The van der Waals surface area contributed by atoms with Crippen LogP contribution in [0.15, 0.2) is 47.4 Å². The average Bonchev–Trinajstić information content (AvgIpc) is 3.59. The fourth-order valence-corrected chi connectivity index (χ4v) is 8.08. The molecule has 11 nitrogen and oxygen atoms in total. The SMILES string of the molecule is CN1CCN(S(=O)(=O)c2ccc(-c3ccc(C[C@H](NC(=O)[C@@H]4[C@H]5CC[C@H](C5)N4C(O)OC(C)(C)C)C(N)=O)c(F)c3)cc2)CC1. The first-order chi connectivity index (χ1) is 21.1. The van der Waals surface area contributed by atoms with E-state index in [1.807, 2.05) is 27.8 Å². The van der Waals surface area contributed by atoms with Gasteiger partial charge in [0.05, 0.1) is 16.5 Å². The molecule has 246 valence electrons. The lowest BCUT2D eigenvalue weighted by molar-refractivity contribution is -0.254. The average molecular weight is 646 g/mol. The van der Waals surface area contributed by atoms with E-state index < -0.39 is 51.8 Å². The summed E-state index contributed by atoms with van der Waals surface area (Å²) in [6.07, 6.45) is 0.959. The van der Waals surface area contributed by atoms with Crippen LogP contribution >= 0.6 is 0 Å². The number of nitrogens with one attached hydrogen (secondary N) is 1. The van der Waals surface area contributed by atoms with Gasteiger partial charge in [0, 0.05) is 38.6 Å². The third-order valence-corrected chi connectivity index (χ3v) is 11.0. The van der Waals surface area contributed by atoms with Crippen molar-refractivity contribution in [3.63, 3.8) is 0 Å². The Balaban J connectivity index is 1.26. The predicted octanol–water partition coefficient (Wildman–Crippen LogP) is 1.89. The zero-order valence-electron chi connectivity index (χ0n) is 26.3. The lowest BCUT2D eigenvalue weighted by atomic mass is 9.96. The Morgan fingerprint density at radius 1 is 1.07 bits per heavy atom. The first-order valence-corrected chi connectivity index (χ1v) is 16.9. The highest BCUT2D eigenvalue weighted by Gasteiger charge is 2.52. The monoisotopic (exact) mass is 645 g/mol. The van der Waals surface area contributed by atoms with Gasteiger partial charge in [-0.2, -0.15) is 4.31 Å². The van der Waals surface area contributed by atoms with Crippen molar-refractivity contribution in [2.24, 2.45) is 11.7 Å². The molecule has 4 N–H and O–H groups in total. The summed E-state index contributed by atoms with van der Waals surface area (Å²) in [6, 6.07) is 8.98. The fourth-order valence-electron chi connectivity index (χ4n) is 6.65. The van der Waals surface area contributed by atoms with Crippen LogP contribution in [0.1, 0.15) is 45.6 Å². The van der Waals surface area contributed by atoms with Crippen LogP contribution in [0.3, 0.4) is 0 Å². The van der Waals surface area contributed by atoms with Crippen LogP contribution in [0.4, 0.5) is 4.39 Å². The number of rotatable bonds is 10. The zero-order chi connectivity index (χ0) is 32.7. The summed E-state index contributed by atoms with van der Waals surface area (Å²) in [5, 5.41) is 13.5. The second-order valence-electron chi connectivity index (χ2n) is 13.4. The Hall–Kier alpha value is -2.94. The van der Waals surface area contributed by atoms with Crippen LogP contribution in [0.25, 0.3) is 11.1 Å². The van der Waals surface area contributed by atoms with Crippen molar-refractivity contribution in [1.29, 1.82) is 0 Å². The Kier molecular flexibility index (Phi) is 9.69. The summed E-state index contributed by atoms with van der Waals surface area (Å²) in [5.74, 6) is -1.84. The van der Waals surface area contributed by atoms with Gasteiger partial charge < -0.3 is 25.8 Å². The summed E-state index contributed by atoms with van der Waals surface area (Å²) < 4.78 is 48.7. The number of likely N-dealkylation sites (tertiary alicyclic amines) is 1. The van der Waals surface area contributed by atoms with E-state index in [0.29, 0.717) is 37.3 Å². The van der Waals surface area contributed by atoms with E-state index in [-0.39, 0.29) is 28.8 Å². The Bertz CT molecular complexity index is 1510. The fraction of sp³-hybridized carbons (Fsp3) is 0.562. The molecule has 2 amide bonds. The van der Waals surface area contributed by atoms with Crippen LogP contribution in [0, 0.1) is 11.7 Å². The molecule has 2 heterocycles. The van der Waals surface area contributed by atoms with E-state index >= 15 is 4.39 Å². The van der Waals surface area contributed by atoms with Gasteiger partial charge in [0.2, 0.25) is 28.3 Å². The van der Waals surface area contributed by atoms with Gasteiger partial charge in [0.25, 0.3) is 0 Å². The van der Waals surface area contributed by atoms with Gasteiger partial charge in [-0.3, -0.25) is 9.59 Å². The molecular formula is C32H44FN5O6S. The van der Waals surface area contributed by atoms with Crippen LogP contribution in [-0.4, -0.2) is 103 Å². The molecule has 0 radical (unpaired) electrons. The molecule has 1 aliphatic carbocycles. The third-order valence-electron chi connectivity index (χ3n) is 9.04. The van der Waals surface area contributed by atoms with E-state index in [9.17, 15) is 23.1 Å². The number of halogens is 1.